The van der Waals surface area contributed by atoms with E-state index in [4.69, 9.17) is 5.10 Å². The molecule has 0 spiro atoms. The average molecular weight is 318 g/mol. The summed E-state index contributed by atoms with van der Waals surface area (Å²) in [6.45, 7) is 2.96. The summed E-state index contributed by atoms with van der Waals surface area (Å²) in [5, 5.41) is 8.02. The van der Waals surface area contributed by atoms with Crippen molar-refractivity contribution in [3.05, 3.63) is 41.1 Å². The second-order valence-corrected chi connectivity index (χ2v) is 6.47. The summed E-state index contributed by atoms with van der Waals surface area (Å²) in [6.07, 6.45) is 3.07. The lowest BCUT2D eigenvalue weighted by molar-refractivity contribution is 0.252. The molecule has 0 atom stereocenters. The average Bonchev–Trinajstić information content (AvgIpc) is 3.11. The zero-order chi connectivity index (χ0) is 16.0. The van der Waals surface area contributed by atoms with Gasteiger partial charge in [-0.3, -0.25) is 0 Å². The standard InChI is InChI=1S/C17H20F2N4/c1-22-8-5-11(6-9-22)16-13-4-7-20-17(13)23(21-16)15-3-2-12(18)10-14(15)19/h2-3,10-11,20H,4-9H2,1H3. The Morgan fingerprint density at radius 3 is 2.74 bits per heavy atom. The Bertz CT molecular complexity index is 732. The quantitative estimate of drug-likeness (QED) is 0.924. The van der Waals surface area contributed by atoms with Crippen LogP contribution in [0.3, 0.4) is 0 Å². The predicted octanol–water partition coefficient (Wildman–Crippen LogP) is 2.93. The number of hydrogen-bond acceptors (Lipinski definition) is 3. The Morgan fingerprint density at radius 1 is 1.22 bits per heavy atom. The maximum atomic E-state index is 14.2. The first-order valence-electron chi connectivity index (χ1n) is 8.13. The lowest BCUT2D eigenvalue weighted by Crippen LogP contribution is -2.29. The molecule has 0 radical (unpaired) electrons. The van der Waals surface area contributed by atoms with Crippen LogP contribution < -0.4 is 5.32 Å². The van der Waals surface area contributed by atoms with Crippen molar-refractivity contribution in [3.8, 4) is 5.69 Å². The first-order chi connectivity index (χ1) is 11.1. The van der Waals surface area contributed by atoms with E-state index in [1.54, 1.807) is 4.68 Å². The van der Waals surface area contributed by atoms with Gasteiger partial charge in [-0.1, -0.05) is 0 Å². The fourth-order valence-electron chi connectivity index (χ4n) is 3.64. The van der Waals surface area contributed by atoms with E-state index in [1.165, 1.54) is 17.7 Å². The number of rotatable bonds is 2. The highest BCUT2D eigenvalue weighted by molar-refractivity contribution is 5.58. The summed E-state index contributed by atoms with van der Waals surface area (Å²) in [7, 11) is 2.13. The van der Waals surface area contributed by atoms with Gasteiger partial charge < -0.3 is 10.2 Å². The van der Waals surface area contributed by atoms with Crippen LogP contribution in [0.15, 0.2) is 18.2 Å². The summed E-state index contributed by atoms with van der Waals surface area (Å²) in [5.74, 6) is 0.131. The summed E-state index contributed by atoms with van der Waals surface area (Å²) in [5.41, 5.74) is 2.58. The molecule has 3 heterocycles. The topological polar surface area (TPSA) is 33.1 Å². The molecule has 1 saturated heterocycles. The van der Waals surface area contributed by atoms with Crippen LogP contribution in [0.2, 0.25) is 0 Å². The molecule has 1 fully saturated rings. The number of halogens is 2. The van der Waals surface area contributed by atoms with Gasteiger partial charge in [0.15, 0.2) is 5.82 Å². The Labute approximate surface area is 134 Å². The van der Waals surface area contributed by atoms with Crippen LogP contribution in [0.4, 0.5) is 14.6 Å². The van der Waals surface area contributed by atoms with Crippen LogP contribution in [0, 0.1) is 11.6 Å². The van der Waals surface area contributed by atoms with Crippen molar-refractivity contribution < 1.29 is 8.78 Å². The van der Waals surface area contributed by atoms with E-state index >= 15 is 0 Å². The van der Waals surface area contributed by atoms with E-state index in [-0.39, 0.29) is 0 Å². The van der Waals surface area contributed by atoms with Gasteiger partial charge in [0, 0.05) is 24.1 Å². The smallest absolute Gasteiger partial charge is 0.151 e. The Kier molecular flexibility index (Phi) is 3.56. The van der Waals surface area contributed by atoms with E-state index in [0.717, 1.165) is 56.5 Å². The highest BCUT2D eigenvalue weighted by Crippen LogP contribution is 2.37. The van der Waals surface area contributed by atoms with Crippen LogP contribution in [-0.2, 0) is 6.42 Å². The highest BCUT2D eigenvalue weighted by atomic mass is 19.1. The maximum absolute atomic E-state index is 14.2. The van der Waals surface area contributed by atoms with Crippen LogP contribution in [0.25, 0.3) is 5.69 Å². The van der Waals surface area contributed by atoms with Crippen molar-refractivity contribution in [1.82, 2.24) is 14.7 Å². The van der Waals surface area contributed by atoms with Gasteiger partial charge in [-0.15, -0.1) is 0 Å². The molecular formula is C17H20F2N4. The summed E-state index contributed by atoms with van der Waals surface area (Å²) < 4.78 is 29.0. The molecule has 2 aromatic rings. The second-order valence-electron chi connectivity index (χ2n) is 6.47. The fraction of sp³-hybridized carbons (Fsp3) is 0.471. The summed E-state index contributed by atoms with van der Waals surface area (Å²) >= 11 is 0. The first-order valence-corrected chi connectivity index (χ1v) is 8.13. The van der Waals surface area contributed by atoms with E-state index in [0.29, 0.717) is 11.6 Å². The molecule has 1 aromatic carbocycles. The van der Waals surface area contributed by atoms with Crippen LogP contribution in [0.5, 0.6) is 0 Å². The van der Waals surface area contributed by atoms with Gasteiger partial charge in [0.1, 0.15) is 17.3 Å². The van der Waals surface area contributed by atoms with Crippen molar-refractivity contribution in [2.45, 2.75) is 25.2 Å². The Morgan fingerprint density at radius 2 is 2.00 bits per heavy atom. The zero-order valence-electron chi connectivity index (χ0n) is 13.1. The number of fused-ring (bicyclic) bond motifs is 1. The van der Waals surface area contributed by atoms with E-state index < -0.39 is 11.6 Å². The van der Waals surface area contributed by atoms with Crippen LogP contribution in [-0.4, -0.2) is 41.4 Å². The fourth-order valence-corrected chi connectivity index (χ4v) is 3.64. The van der Waals surface area contributed by atoms with Gasteiger partial charge in [-0.25, -0.2) is 13.5 Å². The Balaban J connectivity index is 1.76. The maximum Gasteiger partial charge on any atom is 0.151 e. The lowest BCUT2D eigenvalue weighted by atomic mass is 9.91. The van der Waals surface area contributed by atoms with Gasteiger partial charge >= 0.3 is 0 Å². The monoisotopic (exact) mass is 318 g/mol. The number of aromatic nitrogens is 2. The number of hydrogen-bond donors (Lipinski definition) is 1. The normalized spacial score (nSPS) is 18.9. The molecule has 4 rings (SSSR count). The summed E-state index contributed by atoms with van der Waals surface area (Å²) in [6, 6.07) is 3.64. The molecule has 0 unspecified atom stereocenters. The van der Waals surface area contributed by atoms with Gasteiger partial charge in [0.25, 0.3) is 0 Å². The van der Waals surface area contributed by atoms with Gasteiger partial charge in [0.2, 0.25) is 0 Å². The zero-order valence-corrected chi connectivity index (χ0v) is 13.1. The van der Waals surface area contributed by atoms with Crippen LogP contribution in [0.1, 0.15) is 30.0 Å². The number of nitrogens with one attached hydrogen (secondary N) is 1. The molecule has 0 bridgehead atoms. The van der Waals surface area contributed by atoms with Crippen molar-refractivity contribution in [1.29, 1.82) is 0 Å². The van der Waals surface area contributed by atoms with Gasteiger partial charge in [0.05, 0.1) is 5.69 Å². The molecule has 0 amide bonds. The molecular weight excluding hydrogens is 298 g/mol. The molecule has 2 aliphatic rings. The number of benzene rings is 1. The van der Waals surface area contributed by atoms with Gasteiger partial charge in [-0.05, 0) is 51.5 Å². The first kappa shape index (κ1) is 14.6. The van der Waals surface area contributed by atoms with Crippen LogP contribution >= 0.6 is 0 Å². The third-order valence-electron chi connectivity index (χ3n) is 4.93. The molecule has 0 saturated carbocycles. The molecule has 2 aliphatic heterocycles. The number of likely N-dealkylation sites (tertiary alicyclic amines) is 1. The van der Waals surface area contributed by atoms with Gasteiger partial charge in [-0.2, -0.15) is 5.10 Å². The second kappa shape index (κ2) is 5.60. The third kappa shape index (κ3) is 2.51. The van der Waals surface area contributed by atoms with Crippen molar-refractivity contribution >= 4 is 5.82 Å². The lowest BCUT2D eigenvalue weighted by Gasteiger charge is -2.28. The molecule has 122 valence electrons. The van der Waals surface area contributed by atoms with E-state index in [1.807, 2.05) is 0 Å². The minimum absolute atomic E-state index is 0.302. The minimum atomic E-state index is -0.584. The van der Waals surface area contributed by atoms with Crippen molar-refractivity contribution in [2.24, 2.45) is 0 Å². The van der Waals surface area contributed by atoms with E-state index in [9.17, 15) is 8.78 Å². The van der Waals surface area contributed by atoms with Crippen molar-refractivity contribution in [3.63, 3.8) is 0 Å². The number of nitrogens with zero attached hydrogens (tertiary/aromatic N) is 3. The molecule has 23 heavy (non-hydrogen) atoms. The number of piperidine rings is 1. The molecule has 6 heteroatoms. The predicted molar refractivity (Wildman–Crippen MR) is 85.1 cm³/mol. The molecule has 0 aliphatic carbocycles. The largest absolute Gasteiger partial charge is 0.369 e. The third-order valence-corrected chi connectivity index (χ3v) is 4.93. The minimum Gasteiger partial charge on any atom is -0.369 e. The van der Waals surface area contributed by atoms with E-state index in [2.05, 4.69) is 17.3 Å². The number of anilines is 1. The molecule has 4 nitrogen and oxygen atoms in total. The van der Waals surface area contributed by atoms with Crippen molar-refractivity contribution in [2.75, 3.05) is 32.0 Å². The molecule has 1 N–H and O–H groups in total. The Hall–Kier alpha value is -1.95. The SMILES string of the molecule is CN1CCC(c2nn(-c3ccc(F)cc3F)c3c2CCN3)CC1. The highest BCUT2D eigenvalue weighted by Gasteiger charge is 2.30. The summed E-state index contributed by atoms with van der Waals surface area (Å²) in [4.78, 5) is 2.33. The molecule has 1 aromatic heterocycles.